The lowest BCUT2D eigenvalue weighted by Gasteiger charge is -2.11. The van der Waals surface area contributed by atoms with E-state index in [0.29, 0.717) is 13.0 Å². The minimum Gasteiger partial charge on any atom is -0.445 e. The molecule has 2 heterocycles. The van der Waals surface area contributed by atoms with Gasteiger partial charge in [-0.15, -0.1) is 0 Å². The summed E-state index contributed by atoms with van der Waals surface area (Å²) in [6, 6.07) is 7.71. The van der Waals surface area contributed by atoms with Crippen LogP contribution >= 0.6 is 11.6 Å². The minimum atomic E-state index is -0.550. The molecule has 0 atom stereocenters. The number of benzene rings is 1. The highest BCUT2D eigenvalue weighted by Gasteiger charge is 2.16. The molecule has 0 aliphatic heterocycles. The Morgan fingerprint density at radius 2 is 1.84 bits per heavy atom. The fourth-order valence-electron chi connectivity index (χ4n) is 3.37. The number of hydrogen-bond donors (Lipinski definition) is 2. The maximum absolute atomic E-state index is 12.9. The van der Waals surface area contributed by atoms with Crippen LogP contribution in [0.3, 0.4) is 0 Å². The molecule has 2 aromatic heterocycles. The van der Waals surface area contributed by atoms with E-state index in [0.717, 1.165) is 35.0 Å². The van der Waals surface area contributed by atoms with Gasteiger partial charge in [0.05, 0.1) is 0 Å². The maximum Gasteiger partial charge on any atom is 0.407 e. The Kier molecular flexibility index (Phi) is 8.10. The van der Waals surface area contributed by atoms with Gasteiger partial charge in [-0.25, -0.2) is 9.59 Å². The van der Waals surface area contributed by atoms with Crippen molar-refractivity contribution in [2.24, 2.45) is 0 Å². The maximum atomic E-state index is 12.9. The van der Waals surface area contributed by atoms with E-state index >= 15 is 0 Å². The first-order chi connectivity index (χ1) is 15.4. The number of aryl methyl sites for hydroxylation is 2. The second-order valence-electron chi connectivity index (χ2n) is 7.67. The van der Waals surface area contributed by atoms with Crippen molar-refractivity contribution in [2.45, 2.75) is 59.2 Å². The summed E-state index contributed by atoms with van der Waals surface area (Å²) in [6.07, 6.45) is 2.59. The molecule has 0 aliphatic carbocycles. The molecule has 9 nitrogen and oxygen atoms in total. The van der Waals surface area contributed by atoms with Crippen LogP contribution in [-0.4, -0.2) is 31.7 Å². The summed E-state index contributed by atoms with van der Waals surface area (Å²) < 4.78 is 7.83. The molecule has 1 amide bonds. The Hall–Kier alpha value is -3.07. The first kappa shape index (κ1) is 23.6. The first-order valence-corrected chi connectivity index (χ1v) is 11.1. The number of ether oxygens (including phenoxy) is 1. The molecular formula is C22H28ClN5O4. The van der Waals surface area contributed by atoms with Crippen molar-refractivity contribution in [3.63, 3.8) is 0 Å². The molecule has 0 saturated heterocycles. The fourth-order valence-corrected chi connectivity index (χ4v) is 3.54. The van der Waals surface area contributed by atoms with Crippen molar-refractivity contribution in [2.75, 3.05) is 6.54 Å². The summed E-state index contributed by atoms with van der Waals surface area (Å²) in [5.41, 5.74) is 1.61. The molecule has 0 radical (unpaired) electrons. The number of nitrogens with one attached hydrogen (secondary N) is 2. The summed E-state index contributed by atoms with van der Waals surface area (Å²) in [5.74, 6) is 0. The smallest absolute Gasteiger partial charge is 0.407 e. The van der Waals surface area contributed by atoms with Crippen LogP contribution < -0.4 is 16.6 Å². The normalized spacial score (nSPS) is 11.1. The Balaban J connectivity index is 1.60. The van der Waals surface area contributed by atoms with E-state index in [9.17, 15) is 14.4 Å². The second-order valence-corrected chi connectivity index (χ2v) is 8.02. The number of aromatic nitrogens is 4. The second kappa shape index (κ2) is 11.0. The molecule has 0 spiro atoms. The summed E-state index contributed by atoms with van der Waals surface area (Å²) in [5, 5.41) is 2.71. The third-order valence-electron chi connectivity index (χ3n) is 5.14. The van der Waals surface area contributed by atoms with Crippen molar-refractivity contribution in [3.05, 3.63) is 61.5 Å². The molecule has 1 aromatic carbocycles. The van der Waals surface area contributed by atoms with Gasteiger partial charge >= 0.3 is 11.8 Å². The molecular weight excluding hydrogens is 434 g/mol. The molecule has 2 N–H and O–H groups in total. The number of unbranched alkanes of at least 4 members (excludes halogenated alkanes) is 2. The van der Waals surface area contributed by atoms with Gasteiger partial charge < -0.3 is 15.0 Å². The average Bonchev–Trinajstić information content (AvgIpc) is 3.16. The zero-order chi connectivity index (χ0) is 23.1. The van der Waals surface area contributed by atoms with E-state index < -0.39 is 17.3 Å². The average molecular weight is 462 g/mol. The number of carbonyl (C=O) groups is 1. The third-order valence-corrected chi connectivity index (χ3v) is 5.31. The fraction of sp³-hybridized carbons (Fsp3) is 0.455. The predicted octanol–water partition coefficient (Wildman–Crippen LogP) is 3.35. The van der Waals surface area contributed by atoms with Crippen molar-refractivity contribution >= 4 is 28.9 Å². The van der Waals surface area contributed by atoms with Crippen molar-refractivity contribution < 1.29 is 9.53 Å². The van der Waals surface area contributed by atoms with Crippen molar-refractivity contribution in [1.29, 1.82) is 0 Å². The number of H-pyrrole nitrogens is 1. The lowest BCUT2D eigenvalue weighted by atomic mass is 10.2. The number of nitrogens with zero attached hydrogens (tertiary/aromatic N) is 3. The van der Waals surface area contributed by atoms with Crippen LogP contribution in [-0.2, 0) is 24.4 Å². The number of rotatable bonds is 10. The van der Waals surface area contributed by atoms with Gasteiger partial charge in [-0.3, -0.25) is 13.9 Å². The molecule has 0 bridgehead atoms. The van der Waals surface area contributed by atoms with E-state index in [1.807, 2.05) is 31.2 Å². The summed E-state index contributed by atoms with van der Waals surface area (Å²) in [7, 11) is 0. The molecule has 0 saturated carbocycles. The molecule has 32 heavy (non-hydrogen) atoms. The van der Waals surface area contributed by atoms with Gasteiger partial charge in [0.2, 0.25) is 5.28 Å². The van der Waals surface area contributed by atoms with Crippen LogP contribution in [0.4, 0.5) is 4.79 Å². The van der Waals surface area contributed by atoms with Crippen LogP contribution in [0.25, 0.3) is 11.2 Å². The van der Waals surface area contributed by atoms with Gasteiger partial charge in [0.1, 0.15) is 6.61 Å². The van der Waals surface area contributed by atoms with Crippen LogP contribution in [0.5, 0.6) is 0 Å². The number of fused-ring (bicyclic) bond motifs is 1. The molecule has 10 heteroatoms. The van der Waals surface area contributed by atoms with Crippen molar-refractivity contribution in [3.8, 4) is 0 Å². The molecule has 3 aromatic rings. The van der Waals surface area contributed by atoms with Crippen LogP contribution in [0, 0.1) is 6.92 Å². The number of halogens is 1. The topological polar surface area (TPSA) is 111 Å². The Bertz CT molecular complexity index is 1180. The van der Waals surface area contributed by atoms with E-state index in [-0.39, 0.29) is 36.1 Å². The summed E-state index contributed by atoms with van der Waals surface area (Å²) in [6.45, 7) is 5.09. The zero-order valence-electron chi connectivity index (χ0n) is 18.3. The number of imidazole rings is 1. The number of carbonyl (C=O) groups excluding carboxylic acids is 1. The lowest BCUT2D eigenvalue weighted by Crippen LogP contribution is -2.41. The molecule has 0 aliphatic rings. The predicted molar refractivity (Wildman–Crippen MR) is 123 cm³/mol. The molecule has 172 valence electrons. The highest BCUT2D eigenvalue weighted by Crippen LogP contribution is 2.11. The van der Waals surface area contributed by atoms with Gasteiger partial charge in [0.25, 0.3) is 5.56 Å². The van der Waals surface area contributed by atoms with Crippen LogP contribution in [0.1, 0.15) is 43.7 Å². The van der Waals surface area contributed by atoms with Gasteiger partial charge in [-0.1, -0.05) is 49.6 Å². The quantitative estimate of drug-likeness (QED) is 0.355. The molecule has 0 fully saturated rings. The highest BCUT2D eigenvalue weighted by molar-refractivity contribution is 6.28. The Morgan fingerprint density at radius 1 is 1.12 bits per heavy atom. The standard InChI is InChI=1S/C22H28ClN5O4/c1-3-4-5-12-27-18-17(25-20(23)26-18)19(29)28(22(27)31)13-6-11-24-21(30)32-14-16-9-7-15(2)8-10-16/h7-10H,3-6,11-14H2,1-2H3,(H,24,30)(H,25,26). The van der Waals surface area contributed by atoms with E-state index in [1.54, 1.807) is 0 Å². The van der Waals surface area contributed by atoms with E-state index in [1.165, 1.54) is 4.57 Å². The Morgan fingerprint density at radius 3 is 2.56 bits per heavy atom. The monoisotopic (exact) mass is 461 g/mol. The number of hydrogen-bond acceptors (Lipinski definition) is 5. The van der Waals surface area contributed by atoms with Gasteiger partial charge in [-0.05, 0) is 36.9 Å². The van der Waals surface area contributed by atoms with Gasteiger partial charge in [0.15, 0.2) is 11.2 Å². The zero-order valence-corrected chi connectivity index (χ0v) is 19.1. The van der Waals surface area contributed by atoms with Crippen LogP contribution in [0.15, 0.2) is 33.9 Å². The van der Waals surface area contributed by atoms with Gasteiger partial charge in [-0.2, -0.15) is 4.98 Å². The number of aromatic amines is 1. The van der Waals surface area contributed by atoms with Gasteiger partial charge in [0, 0.05) is 19.6 Å². The summed E-state index contributed by atoms with van der Waals surface area (Å²) >= 11 is 5.94. The largest absolute Gasteiger partial charge is 0.445 e. The van der Waals surface area contributed by atoms with Crippen LogP contribution in [0.2, 0.25) is 5.28 Å². The first-order valence-electron chi connectivity index (χ1n) is 10.8. The lowest BCUT2D eigenvalue weighted by molar-refractivity contribution is 0.139. The number of alkyl carbamates (subject to hydrolysis) is 1. The SMILES string of the molecule is CCCCCn1c(=O)n(CCCNC(=O)OCc2ccc(C)cc2)c(=O)c2[nH]c(Cl)nc21. The van der Waals surface area contributed by atoms with E-state index in [4.69, 9.17) is 16.3 Å². The third kappa shape index (κ3) is 5.79. The molecule has 3 rings (SSSR count). The minimum absolute atomic E-state index is 0.0662. The van der Waals surface area contributed by atoms with E-state index in [2.05, 4.69) is 22.2 Å². The molecule has 0 unspecified atom stereocenters. The summed E-state index contributed by atoms with van der Waals surface area (Å²) in [4.78, 5) is 44.5. The number of amides is 1. The van der Waals surface area contributed by atoms with Crippen molar-refractivity contribution in [1.82, 2.24) is 24.4 Å². The Labute approximate surface area is 190 Å². The highest BCUT2D eigenvalue weighted by atomic mass is 35.5.